The van der Waals surface area contributed by atoms with Crippen LogP contribution in [0.25, 0.3) is 0 Å². The first-order valence-electron chi connectivity index (χ1n) is 11.5. The summed E-state index contributed by atoms with van der Waals surface area (Å²) in [5.74, 6) is 0. The minimum atomic E-state index is -1.00. The fourth-order valence-electron chi connectivity index (χ4n) is 3.81. The molecule has 0 amide bonds. The van der Waals surface area contributed by atoms with Crippen molar-refractivity contribution in [3.8, 4) is 0 Å². The molecule has 0 saturated carbocycles. The van der Waals surface area contributed by atoms with E-state index in [4.69, 9.17) is 14.6 Å². The Labute approximate surface area is 172 Å². The van der Waals surface area contributed by atoms with E-state index in [2.05, 4.69) is 6.58 Å². The first-order chi connectivity index (χ1) is 13.7. The van der Waals surface area contributed by atoms with Gasteiger partial charge in [-0.1, -0.05) is 76.7 Å². The van der Waals surface area contributed by atoms with Crippen LogP contribution in [0.15, 0.2) is 12.7 Å². The second-order valence-electron chi connectivity index (χ2n) is 8.12. The van der Waals surface area contributed by atoms with Crippen LogP contribution in [0.3, 0.4) is 0 Å². The molecule has 0 aromatic rings. The normalized spacial score (nSPS) is 23.2. The lowest BCUT2D eigenvalue weighted by atomic mass is 10.0. The molecule has 0 radical (unpaired) electrons. The van der Waals surface area contributed by atoms with Crippen LogP contribution in [0.4, 0.5) is 0 Å². The number of allylic oxidation sites excluding steroid dienone is 1. The van der Waals surface area contributed by atoms with E-state index in [0.717, 1.165) is 19.3 Å². The Morgan fingerprint density at radius 1 is 0.893 bits per heavy atom. The topological polar surface area (TPSA) is 79.2 Å². The van der Waals surface area contributed by atoms with Gasteiger partial charge in [0.15, 0.2) is 0 Å². The van der Waals surface area contributed by atoms with Gasteiger partial charge in [0, 0.05) is 6.61 Å². The lowest BCUT2D eigenvalue weighted by molar-refractivity contribution is -0.0938. The van der Waals surface area contributed by atoms with Gasteiger partial charge in [-0.05, 0) is 19.3 Å². The molecular formula is C23H44O5. The smallest absolute Gasteiger partial charge is 0.114 e. The van der Waals surface area contributed by atoms with Gasteiger partial charge >= 0.3 is 0 Å². The fourth-order valence-corrected chi connectivity index (χ4v) is 3.81. The van der Waals surface area contributed by atoms with Crippen LogP contribution in [0.5, 0.6) is 0 Å². The molecule has 1 fully saturated rings. The van der Waals surface area contributed by atoms with Crippen molar-refractivity contribution in [3.63, 3.8) is 0 Å². The van der Waals surface area contributed by atoms with E-state index in [0.29, 0.717) is 6.61 Å². The van der Waals surface area contributed by atoms with E-state index in [9.17, 15) is 10.2 Å². The number of unbranched alkanes of at least 4 members (excludes halogenated alkanes) is 13. The maximum absolute atomic E-state index is 9.88. The van der Waals surface area contributed by atoms with Crippen molar-refractivity contribution in [2.24, 2.45) is 0 Å². The second kappa shape index (κ2) is 17.4. The number of aliphatic hydroxyl groups is 3. The molecule has 1 saturated heterocycles. The Morgan fingerprint density at radius 3 is 1.89 bits per heavy atom. The average Bonchev–Trinajstić information content (AvgIpc) is 3.07. The van der Waals surface area contributed by atoms with E-state index in [1.54, 1.807) is 0 Å². The van der Waals surface area contributed by atoms with Crippen molar-refractivity contribution in [2.75, 3.05) is 19.8 Å². The zero-order valence-electron chi connectivity index (χ0n) is 17.8. The van der Waals surface area contributed by atoms with E-state index in [1.165, 1.54) is 70.6 Å². The van der Waals surface area contributed by atoms with Crippen molar-refractivity contribution < 1.29 is 24.8 Å². The fraction of sp³-hybridized carbons (Fsp3) is 0.913. The average molecular weight is 401 g/mol. The third-order valence-electron chi connectivity index (χ3n) is 5.59. The summed E-state index contributed by atoms with van der Waals surface area (Å²) in [5.41, 5.74) is 0. The van der Waals surface area contributed by atoms with Gasteiger partial charge in [0.05, 0.1) is 13.2 Å². The van der Waals surface area contributed by atoms with Gasteiger partial charge in [-0.15, -0.1) is 6.58 Å². The molecule has 5 heteroatoms. The third-order valence-corrected chi connectivity index (χ3v) is 5.59. The molecule has 0 aliphatic carbocycles. The molecule has 0 spiro atoms. The summed E-state index contributed by atoms with van der Waals surface area (Å²) < 4.78 is 11.0. The quantitative estimate of drug-likeness (QED) is 0.224. The Hall–Kier alpha value is -0.460. The third kappa shape index (κ3) is 11.5. The molecule has 4 atom stereocenters. The van der Waals surface area contributed by atoms with Crippen molar-refractivity contribution in [3.05, 3.63) is 12.7 Å². The van der Waals surface area contributed by atoms with Gasteiger partial charge in [0.1, 0.15) is 24.4 Å². The maximum Gasteiger partial charge on any atom is 0.114 e. The van der Waals surface area contributed by atoms with Crippen molar-refractivity contribution >= 4 is 0 Å². The molecule has 1 heterocycles. The summed E-state index contributed by atoms with van der Waals surface area (Å²) in [6.07, 6.45) is 17.1. The molecule has 0 aromatic carbocycles. The van der Waals surface area contributed by atoms with Crippen LogP contribution in [-0.4, -0.2) is 59.6 Å². The minimum Gasteiger partial charge on any atom is -0.394 e. The van der Waals surface area contributed by atoms with Crippen LogP contribution in [0.1, 0.15) is 89.9 Å². The highest BCUT2D eigenvalue weighted by Crippen LogP contribution is 2.21. The van der Waals surface area contributed by atoms with Gasteiger partial charge in [0.25, 0.3) is 0 Å². The highest BCUT2D eigenvalue weighted by Gasteiger charge is 2.40. The summed E-state index contributed by atoms with van der Waals surface area (Å²) >= 11 is 0. The van der Waals surface area contributed by atoms with Crippen molar-refractivity contribution in [1.82, 2.24) is 0 Å². The number of aliphatic hydroxyl groups excluding tert-OH is 3. The largest absolute Gasteiger partial charge is 0.394 e. The van der Waals surface area contributed by atoms with Crippen LogP contribution in [0, 0.1) is 0 Å². The number of hydrogen-bond acceptors (Lipinski definition) is 5. The van der Waals surface area contributed by atoms with E-state index >= 15 is 0 Å². The monoisotopic (exact) mass is 400 g/mol. The van der Waals surface area contributed by atoms with Gasteiger partial charge in [-0.2, -0.15) is 0 Å². The molecular weight excluding hydrogens is 356 g/mol. The predicted molar refractivity (Wildman–Crippen MR) is 113 cm³/mol. The summed E-state index contributed by atoms with van der Waals surface area (Å²) in [7, 11) is 0. The lowest BCUT2D eigenvalue weighted by Gasteiger charge is -2.23. The van der Waals surface area contributed by atoms with Crippen LogP contribution in [0.2, 0.25) is 0 Å². The molecule has 0 unspecified atom stereocenters. The summed E-state index contributed by atoms with van der Waals surface area (Å²) in [4.78, 5) is 0. The molecule has 1 aliphatic rings. The molecule has 28 heavy (non-hydrogen) atoms. The number of ether oxygens (including phenoxy) is 2. The zero-order valence-corrected chi connectivity index (χ0v) is 17.8. The van der Waals surface area contributed by atoms with E-state index in [1.807, 2.05) is 6.08 Å². The highest BCUT2D eigenvalue weighted by atomic mass is 16.6. The van der Waals surface area contributed by atoms with Gasteiger partial charge in [-0.25, -0.2) is 0 Å². The first kappa shape index (κ1) is 25.6. The second-order valence-corrected chi connectivity index (χ2v) is 8.12. The number of rotatable bonds is 19. The Kier molecular flexibility index (Phi) is 15.9. The maximum atomic E-state index is 9.88. The molecule has 0 bridgehead atoms. The SMILES string of the molecule is C=CCCCCCCCCCCCCCCCO[C@H]1[C@@H]([C@@H](O)CO)OC[C@H]1O. The van der Waals surface area contributed by atoms with Gasteiger partial charge in [-0.3, -0.25) is 0 Å². The van der Waals surface area contributed by atoms with Gasteiger partial charge < -0.3 is 24.8 Å². The zero-order chi connectivity index (χ0) is 20.5. The molecule has 5 nitrogen and oxygen atoms in total. The van der Waals surface area contributed by atoms with Crippen LogP contribution >= 0.6 is 0 Å². The standard InChI is InChI=1S/C23H44O5/c1-2-3-4-5-6-7-8-9-10-11-12-13-14-15-16-17-27-23-21(26)19-28-22(23)20(25)18-24/h2,20-26H,1,3-19H2/t20-,21+,22+,23+/m0/s1. The Morgan fingerprint density at radius 2 is 1.39 bits per heavy atom. The van der Waals surface area contributed by atoms with Crippen molar-refractivity contribution in [1.29, 1.82) is 0 Å². The van der Waals surface area contributed by atoms with Crippen LogP contribution < -0.4 is 0 Å². The van der Waals surface area contributed by atoms with Crippen LogP contribution in [-0.2, 0) is 9.47 Å². The molecule has 0 aromatic heterocycles. The summed E-state index contributed by atoms with van der Waals surface area (Å²) in [5, 5.41) is 28.6. The van der Waals surface area contributed by atoms with Gasteiger partial charge in [0.2, 0.25) is 0 Å². The minimum absolute atomic E-state index is 0.154. The summed E-state index contributed by atoms with van der Waals surface area (Å²) in [6, 6.07) is 0. The number of hydrogen-bond donors (Lipinski definition) is 3. The Balaban J connectivity index is 1.85. The Bertz CT molecular complexity index is 363. The summed E-state index contributed by atoms with van der Waals surface area (Å²) in [6.45, 7) is 4.09. The van der Waals surface area contributed by atoms with E-state index < -0.39 is 24.4 Å². The molecule has 166 valence electrons. The predicted octanol–water partition coefficient (Wildman–Crippen LogP) is 4.13. The first-order valence-corrected chi connectivity index (χ1v) is 11.5. The molecule has 3 N–H and O–H groups in total. The molecule has 1 rings (SSSR count). The van der Waals surface area contributed by atoms with Crippen molar-refractivity contribution in [2.45, 2.75) is 114 Å². The van der Waals surface area contributed by atoms with E-state index in [-0.39, 0.29) is 13.2 Å². The lowest BCUT2D eigenvalue weighted by Crippen LogP contribution is -2.42. The highest BCUT2D eigenvalue weighted by molar-refractivity contribution is 4.89. The molecule has 1 aliphatic heterocycles.